The summed E-state index contributed by atoms with van der Waals surface area (Å²) in [6, 6.07) is 18.1. The number of rotatable bonds is 8. The van der Waals surface area contributed by atoms with E-state index in [0.717, 1.165) is 17.7 Å². The van der Waals surface area contributed by atoms with Gasteiger partial charge in [0.1, 0.15) is 12.4 Å². The van der Waals surface area contributed by atoms with Gasteiger partial charge < -0.3 is 14.9 Å². The summed E-state index contributed by atoms with van der Waals surface area (Å²) in [5, 5.41) is 19.3. The van der Waals surface area contributed by atoms with E-state index in [1.54, 1.807) is 6.92 Å². The SMILES string of the molecule is CCC(CC(O)C(C)O)c1ccc(OCc2ccccc2)cc1. The van der Waals surface area contributed by atoms with Crippen molar-refractivity contribution < 1.29 is 14.9 Å². The highest BCUT2D eigenvalue weighted by Gasteiger charge is 2.18. The average Bonchev–Trinajstić information content (AvgIpc) is 2.59. The Morgan fingerprint density at radius 3 is 2.17 bits per heavy atom. The molecule has 23 heavy (non-hydrogen) atoms. The number of hydrogen-bond donors (Lipinski definition) is 2. The number of aliphatic hydroxyl groups is 2. The average molecular weight is 314 g/mol. The Kier molecular flexibility index (Phi) is 6.63. The second kappa shape index (κ2) is 8.70. The molecule has 0 fully saturated rings. The van der Waals surface area contributed by atoms with Crippen molar-refractivity contribution in [3.8, 4) is 5.75 Å². The summed E-state index contributed by atoms with van der Waals surface area (Å²) in [6.07, 6.45) is 0.110. The molecule has 3 unspecified atom stereocenters. The Bertz CT molecular complexity index is 563. The molecule has 0 aromatic heterocycles. The van der Waals surface area contributed by atoms with E-state index in [2.05, 4.69) is 6.92 Å². The summed E-state index contributed by atoms with van der Waals surface area (Å²) in [5.41, 5.74) is 2.31. The first-order valence-electron chi connectivity index (χ1n) is 8.23. The van der Waals surface area contributed by atoms with Crippen LogP contribution in [0.25, 0.3) is 0 Å². The van der Waals surface area contributed by atoms with Gasteiger partial charge in [0.05, 0.1) is 12.2 Å². The molecule has 0 spiro atoms. The molecular formula is C20H26O3. The Morgan fingerprint density at radius 2 is 1.61 bits per heavy atom. The molecule has 0 saturated carbocycles. The van der Waals surface area contributed by atoms with Crippen LogP contribution in [0.15, 0.2) is 54.6 Å². The third kappa shape index (κ3) is 5.38. The van der Waals surface area contributed by atoms with Crippen molar-refractivity contribution in [3.05, 3.63) is 65.7 Å². The number of aliphatic hydroxyl groups excluding tert-OH is 2. The Hall–Kier alpha value is -1.84. The molecule has 2 aromatic carbocycles. The normalized spacial score (nSPS) is 15.0. The van der Waals surface area contributed by atoms with E-state index in [1.165, 1.54) is 5.56 Å². The summed E-state index contributed by atoms with van der Waals surface area (Å²) in [4.78, 5) is 0. The summed E-state index contributed by atoms with van der Waals surface area (Å²) in [7, 11) is 0. The lowest BCUT2D eigenvalue weighted by Gasteiger charge is -2.21. The first kappa shape index (κ1) is 17.5. The highest BCUT2D eigenvalue weighted by Crippen LogP contribution is 2.27. The highest BCUT2D eigenvalue weighted by atomic mass is 16.5. The standard InChI is InChI=1S/C20H26O3/c1-3-17(13-20(22)15(2)21)18-9-11-19(12-10-18)23-14-16-7-5-4-6-8-16/h4-12,15,17,20-22H,3,13-14H2,1-2H3. The quantitative estimate of drug-likeness (QED) is 0.777. The molecule has 0 radical (unpaired) electrons. The van der Waals surface area contributed by atoms with E-state index in [9.17, 15) is 10.2 Å². The van der Waals surface area contributed by atoms with E-state index in [0.29, 0.717) is 13.0 Å². The first-order valence-corrected chi connectivity index (χ1v) is 8.23. The molecule has 0 aliphatic carbocycles. The van der Waals surface area contributed by atoms with E-state index in [1.807, 2.05) is 54.6 Å². The molecule has 2 aromatic rings. The van der Waals surface area contributed by atoms with Crippen LogP contribution in [0.2, 0.25) is 0 Å². The van der Waals surface area contributed by atoms with Gasteiger partial charge in [0.15, 0.2) is 0 Å². The van der Waals surface area contributed by atoms with Crippen LogP contribution in [-0.4, -0.2) is 22.4 Å². The summed E-state index contributed by atoms with van der Waals surface area (Å²) in [6.45, 7) is 4.27. The van der Waals surface area contributed by atoms with Gasteiger partial charge in [-0.05, 0) is 48.9 Å². The molecule has 0 saturated heterocycles. The van der Waals surface area contributed by atoms with Gasteiger partial charge in [-0.25, -0.2) is 0 Å². The van der Waals surface area contributed by atoms with Gasteiger partial charge in [-0.2, -0.15) is 0 Å². The molecule has 0 amide bonds. The van der Waals surface area contributed by atoms with Crippen molar-refractivity contribution in [2.75, 3.05) is 0 Å². The number of benzene rings is 2. The molecule has 0 heterocycles. The van der Waals surface area contributed by atoms with E-state index in [4.69, 9.17) is 4.74 Å². The summed E-state index contributed by atoms with van der Waals surface area (Å²) in [5.74, 6) is 1.08. The molecule has 2 N–H and O–H groups in total. The predicted molar refractivity (Wildman–Crippen MR) is 92.6 cm³/mol. The van der Waals surface area contributed by atoms with Gasteiger partial charge in [-0.1, -0.05) is 49.4 Å². The van der Waals surface area contributed by atoms with Crippen molar-refractivity contribution in [1.82, 2.24) is 0 Å². The lowest BCUT2D eigenvalue weighted by atomic mass is 9.89. The van der Waals surface area contributed by atoms with Crippen LogP contribution in [0.3, 0.4) is 0 Å². The van der Waals surface area contributed by atoms with E-state index < -0.39 is 12.2 Å². The Labute approximate surface area is 138 Å². The zero-order valence-electron chi connectivity index (χ0n) is 13.9. The lowest BCUT2D eigenvalue weighted by Crippen LogP contribution is -2.24. The summed E-state index contributed by atoms with van der Waals surface area (Å²) < 4.78 is 5.79. The minimum atomic E-state index is -0.697. The smallest absolute Gasteiger partial charge is 0.119 e. The van der Waals surface area contributed by atoms with Gasteiger partial charge in [-0.3, -0.25) is 0 Å². The topological polar surface area (TPSA) is 49.7 Å². The zero-order valence-corrected chi connectivity index (χ0v) is 13.9. The third-order valence-corrected chi connectivity index (χ3v) is 4.18. The minimum absolute atomic E-state index is 0.239. The second-order valence-corrected chi connectivity index (χ2v) is 5.99. The maximum Gasteiger partial charge on any atom is 0.119 e. The fourth-order valence-corrected chi connectivity index (χ4v) is 2.60. The zero-order chi connectivity index (χ0) is 16.7. The minimum Gasteiger partial charge on any atom is -0.489 e. The van der Waals surface area contributed by atoms with E-state index >= 15 is 0 Å². The molecule has 124 valence electrons. The number of hydrogen-bond acceptors (Lipinski definition) is 3. The van der Waals surface area contributed by atoms with Gasteiger partial charge in [-0.15, -0.1) is 0 Å². The lowest BCUT2D eigenvalue weighted by molar-refractivity contribution is 0.0215. The van der Waals surface area contributed by atoms with Crippen LogP contribution in [0, 0.1) is 0 Å². The second-order valence-electron chi connectivity index (χ2n) is 5.99. The van der Waals surface area contributed by atoms with Crippen LogP contribution in [0.4, 0.5) is 0 Å². The molecule has 0 aliphatic heterocycles. The molecule has 3 nitrogen and oxygen atoms in total. The van der Waals surface area contributed by atoms with Crippen molar-refractivity contribution in [2.45, 2.75) is 51.4 Å². The van der Waals surface area contributed by atoms with Gasteiger partial charge >= 0.3 is 0 Å². The van der Waals surface area contributed by atoms with Crippen molar-refractivity contribution in [2.24, 2.45) is 0 Å². The third-order valence-electron chi connectivity index (χ3n) is 4.18. The molecule has 3 atom stereocenters. The van der Waals surface area contributed by atoms with Crippen molar-refractivity contribution >= 4 is 0 Å². The fourth-order valence-electron chi connectivity index (χ4n) is 2.60. The van der Waals surface area contributed by atoms with Gasteiger partial charge in [0.25, 0.3) is 0 Å². The predicted octanol–water partition coefficient (Wildman–Crippen LogP) is 3.89. The Balaban J connectivity index is 1.94. The molecule has 0 aliphatic rings. The molecule has 0 bridgehead atoms. The Morgan fingerprint density at radius 1 is 0.957 bits per heavy atom. The van der Waals surface area contributed by atoms with Crippen LogP contribution in [0.1, 0.15) is 43.7 Å². The largest absolute Gasteiger partial charge is 0.489 e. The maximum atomic E-state index is 9.88. The first-order chi connectivity index (χ1) is 11.1. The van der Waals surface area contributed by atoms with Crippen molar-refractivity contribution in [3.63, 3.8) is 0 Å². The van der Waals surface area contributed by atoms with Gasteiger partial charge in [0.2, 0.25) is 0 Å². The van der Waals surface area contributed by atoms with Gasteiger partial charge in [0, 0.05) is 0 Å². The van der Waals surface area contributed by atoms with Crippen LogP contribution in [0.5, 0.6) is 5.75 Å². The molecule has 2 rings (SSSR count). The van der Waals surface area contributed by atoms with Crippen LogP contribution < -0.4 is 4.74 Å². The number of ether oxygens (including phenoxy) is 1. The van der Waals surface area contributed by atoms with Crippen LogP contribution in [-0.2, 0) is 6.61 Å². The maximum absolute atomic E-state index is 9.88. The summed E-state index contributed by atoms with van der Waals surface area (Å²) >= 11 is 0. The van der Waals surface area contributed by atoms with Crippen molar-refractivity contribution in [1.29, 1.82) is 0 Å². The van der Waals surface area contributed by atoms with E-state index in [-0.39, 0.29) is 5.92 Å². The van der Waals surface area contributed by atoms with Crippen LogP contribution >= 0.6 is 0 Å². The fraction of sp³-hybridized carbons (Fsp3) is 0.400. The molecular weight excluding hydrogens is 288 g/mol. The molecule has 3 heteroatoms. The highest BCUT2D eigenvalue weighted by molar-refractivity contribution is 5.30. The monoisotopic (exact) mass is 314 g/mol.